The number of rotatable bonds is 0. The van der Waals surface area contributed by atoms with Crippen LogP contribution >= 0.6 is 81.2 Å². The van der Waals surface area contributed by atoms with Gasteiger partial charge in [-0.25, -0.2) is 4.39 Å². The van der Waals surface area contributed by atoms with Crippen LogP contribution in [0.4, 0.5) is 4.39 Å². The van der Waals surface area contributed by atoms with Crippen molar-refractivity contribution in [3.8, 4) is 0 Å². The Labute approximate surface area is 109 Å². The molecule has 0 aromatic rings. The Kier molecular flexibility index (Phi) is 3.29. The number of halogens is 8. The van der Waals surface area contributed by atoms with Crippen LogP contribution in [0.25, 0.3) is 0 Å². The van der Waals surface area contributed by atoms with Gasteiger partial charge < -0.3 is 0 Å². The maximum Gasteiger partial charge on any atom is 0.258 e. The largest absolute Gasteiger partial charge is 0.258 e. The maximum atomic E-state index is 13.7. The van der Waals surface area contributed by atoms with Crippen molar-refractivity contribution in [2.45, 2.75) is 13.8 Å². The van der Waals surface area contributed by atoms with E-state index >= 15 is 0 Å². The molecule has 0 saturated carbocycles. The van der Waals surface area contributed by atoms with Crippen molar-refractivity contribution in [2.75, 3.05) is 0 Å². The van der Waals surface area contributed by atoms with E-state index < -0.39 is 23.9 Å². The smallest absolute Gasteiger partial charge is 0.219 e. The van der Waals surface area contributed by atoms with E-state index in [4.69, 9.17) is 81.2 Å². The molecule has 0 bridgehead atoms. The molecular weight excluding hydrogens is 327 g/mol. The first-order valence-corrected chi connectivity index (χ1v) is 5.41. The van der Waals surface area contributed by atoms with Gasteiger partial charge in [-0.05, 0) is 0 Å². The van der Waals surface area contributed by atoms with E-state index in [1.807, 2.05) is 0 Å². The summed E-state index contributed by atoms with van der Waals surface area (Å²) in [5.41, 5.74) is 0. The summed E-state index contributed by atoms with van der Waals surface area (Å²) in [4.78, 5) is 0. The molecule has 0 saturated heterocycles. The van der Waals surface area contributed by atoms with Crippen molar-refractivity contribution in [1.82, 2.24) is 0 Å². The minimum absolute atomic E-state index is 0.417. The van der Waals surface area contributed by atoms with Gasteiger partial charge in [0.05, 0.1) is 10.1 Å². The Morgan fingerprint density at radius 3 is 1.08 bits per heavy atom. The van der Waals surface area contributed by atoms with E-state index in [0.717, 1.165) is 0 Å². The highest BCUT2D eigenvalue weighted by Gasteiger charge is 2.71. The van der Waals surface area contributed by atoms with Crippen molar-refractivity contribution in [3.63, 3.8) is 0 Å². The van der Waals surface area contributed by atoms with Crippen molar-refractivity contribution < 1.29 is 4.39 Å². The molecule has 0 unspecified atom stereocenters. The van der Waals surface area contributed by atoms with Crippen LogP contribution in [-0.4, -0.2) is 13.8 Å². The molecule has 13 heavy (non-hydrogen) atoms. The van der Waals surface area contributed by atoms with Gasteiger partial charge in [-0.3, -0.25) is 0 Å². The maximum absolute atomic E-state index is 13.7. The summed E-state index contributed by atoms with van der Waals surface area (Å²) < 4.78 is 9.19. The van der Waals surface area contributed by atoms with Gasteiger partial charge >= 0.3 is 0 Å². The van der Waals surface area contributed by atoms with Crippen molar-refractivity contribution >= 4 is 81.2 Å². The Morgan fingerprint density at radius 1 is 0.769 bits per heavy atom. The fourth-order valence-corrected chi connectivity index (χ4v) is 2.91. The zero-order valence-electron chi connectivity index (χ0n) is 5.52. The van der Waals surface area contributed by atoms with E-state index in [9.17, 15) is 4.39 Å². The molecule has 0 fully saturated rings. The SMILES string of the molecule is FC1(Cl)C(Cl)(Cl)C(Cl)=C(Cl)C1(Cl)Cl. The molecular formula is C5Cl7F. The van der Waals surface area contributed by atoms with Crippen LogP contribution in [0.3, 0.4) is 0 Å². The lowest BCUT2D eigenvalue weighted by molar-refractivity contribution is 0.271. The molecule has 0 nitrogen and oxygen atoms in total. The molecule has 0 amide bonds. The topological polar surface area (TPSA) is 0 Å². The summed E-state index contributed by atoms with van der Waals surface area (Å²) in [5.74, 6) is 0. The van der Waals surface area contributed by atoms with Gasteiger partial charge in [-0.1, -0.05) is 81.2 Å². The second kappa shape index (κ2) is 3.35. The molecule has 76 valence electrons. The third-order valence-corrected chi connectivity index (χ3v) is 5.71. The van der Waals surface area contributed by atoms with E-state index in [-0.39, 0.29) is 0 Å². The number of allylic oxidation sites excluding steroid dienone is 2. The molecule has 0 N–H and O–H groups in total. The number of alkyl halides is 6. The first kappa shape index (κ1) is 12.8. The normalized spacial score (nSPS) is 29.5. The van der Waals surface area contributed by atoms with Gasteiger partial charge in [0.25, 0.3) is 5.13 Å². The van der Waals surface area contributed by atoms with Crippen LogP contribution in [0.15, 0.2) is 10.1 Å². The molecule has 0 heterocycles. The van der Waals surface area contributed by atoms with Crippen molar-refractivity contribution in [3.05, 3.63) is 10.1 Å². The molecule has 0 aliphatic heterocycles. The van der Waals surface area contributed by atoms with E-state index in [0.29, 0.717) is 0 Å². The minimum atomic E-state index is -2.87. The Morgan fingerprint density at radius 2 is 1.00 bits per heavy atom. The van der Waals surface area contributed by atoms with Crippen molar-refractivity contribution in [2.24, 2.45) is 0 Å². The van der Waals surface area contributed by atoms with Crippen LogP contribution in [0.1, 0.15) is 0 Å². The number of hydrogen-bond donors (Lipinski definition) is 0. The highest BCUT2D eigenvalue weighted by atomic mass is 35.5. The summed E-state index contributed by atoms with van der Waals surface area (Å²) in [6.07, 6.45) is 0. The van der Waals surface area contributed by atoms with Crippen molar-refractivity contribution in [1.29, 1.82) is 0 Å². The summed E-state index contributed by atoms with van der Waals surface area (Å²) in [7, 11) is 0. The van der Waals surface area contributed by atoms with Gasteiger partial charge in [-0.2, -0.15) is 0 Å². The van der Waals surface area contributed by atoms with Crippen LogP contribution in [-0.2, 0) is 0 Å². The Hall–Kier alpha value is 1.70. The average molecular weight is 327 g/mol. The van der Waals surface area contributed by atoms with Crippen LogP contribution < -0.4 is 0 Å². The van der Waals surface area contributed by atoms with Gasteiger partial charge in [0.1, 0.15) is 0 Å². The van der Waals surface area contributed by atoms with Crippen LogP contribution in [0.5, 0.6) is 0 Å². The van der Waals surface area contributed by atoms with Crippen LogP contribution in [0, 0.1) is 0 Å². The number of hydrogen-bond acceptors (Lipinski definition) is 0. The molecule has 0 atom stereocenters. The molecule has 8 heteroatoms. The third kappa shape index (κ3) is 1.47. The quantitative estimate of drug-likeness (QED) is 0.553. The summed E-state index contributed by atoms with van der Waals surface area (Å²) in [6, 6.07) is 0. The molecule has 1 rings (SSSR count). The van der Waals surface area contributed by atoms with Gasteiger partial charge in [0, 0.05) is 0 Å². The summed E-state index contributed by atoms with van der Waals surface area (Å²) in [5, 5.41) is -3.71. The third-order valence-electron chi connectivity index (χ3n) is 1.53. The first-order chi connectivity index (χ1) is 5.57. The van der Waals surface area contributed by atoms with E-state index in [2.05, 4.69) is 0 Å². The van der Waals surface area contributed by atoms with Gasteiger partial charge in [-0.15, -0.1) is 0 Å². The average Bonchev–Trinajstić information content (AvgIpc) is 2.05. The zero-order valence-corrected chi connectivity index (χ0v) is 10.8. The molecule has 0 aromatic heterocycles. The zero-order chi connectivity index (χ0) is 10.7. The second-order valence-corrected chi connectivity index (χ2v) is 6.28. The second-order valence-electron chi connectivity index (χ2n) is 2.35. The summed E-state index contributed by atoms with van der Waals surface area (Å²) in [6.45, 7) is 0. The predicted molar refractivity (Wildman–Crippen MR) is 57.3 cm³/mol. The Bertz CT molecular complexity index is 253. The monoisotopic (exact) mass is 324 g/mol. The molecule has 0 radical (unpaired) electrons. The molecule has 0 spiro atoms. The lowest BCUT2D eigenvalue weighted by Gasteiger charge is -2.30. The summed E-state index contributed by atoms with van der Waals surface area (Å²) >= 11 is 38.4. The highest BCUT2D eigenvalue weighted by Crippen LogP contribution is 2.66. The molecule has 1 aliphatic rings. The van der Waals surface area contributed by atoms with E-state index in [1.165, 1.54) is 0 Å². The predicted octanol–water partition coefficient (Wildman–Crippen LogP) is 4.94. The molecule has 0 aromatic carbocycles. The Balaban J connectivity index is 3.39. The highest BCUT2D eigenvalue weighted by molar-refractivity contribution is 6.70. The molecule has 1 aliphatic carbocycles. The first-order valence-electron chi connectivity index (χ1n) is 2.76. The standard InChI is InChI=1S/C5Cl7F/c6-1-2(7)4(10,11)5(12,13)3(1,8)9. The van der Waals surface area contributed by atoms with Gasteiger partial charge in [0.15, 0.2) is 0 Å². The van der Waals surface area contributed by atoms with E-state index in [1.54, 1.807) is 0 Å². The fourth-order valence-electron chi connectivity index (χ4n) is 0.749. The lowest BCUT2D eigenvalue weighted by Crippen LogP contribution is -2.45. The lowest BCUT2D eigenvalue weighted by atomic mass is 10.3. The van der Waals surface area contributed by atoms with Gasteiger partial charge in [0.2, 0.25) is 8.67 Å². The van der Waals surface area contributed by atoms with Crippen LogP contribution in [0.2, 0.25) is 0 Å². The fraction of sp³-hybridized carbons (Fsp3) is 0.600. The minimum Gasteiger partial charge on any atom is -0.219 e.